The molecular formula is C28H30BrCl3N4O. The lowest BCUT2D eigenvalue weighted by Crippen LogP contribution is -2.48. The second-order valence-electron chi connectivity index (χ2n) is 9.33. The van der Waals surface area contributed by atoms with E-state index in [1.807, 2.05) is 18.2 Å². The van der Waals surface area contributed by atoms with E-state index < -0.39 is 0 Å². The molecule has 1 fully saturated rings. The van der Waals surface area contributed by atoms with Gasteiger partial charge < -0.3 is 15.1 Å². The standard InChI is InChI=1S/C28H30BrCl3N4O/c1-19(10-13-34-28(37)27-25(31)16-33-17-26(27)32)35-14-11-23(12-15-35)36(22-8-6-21(29)7-9-22)18-20-4-2-3-5-24(20)30/h2-9,16-17,19,23H,10-15,18H2,1H3,(H,34,37). The molecular weight excluding hydrogens is 595 g/mol. The van der Waals surface area contributed by atoms with Crippen LogP contribution in [0.3, 0.4) is 0 Å². The van der Waals surface area contributed by atoms with Gasteiger partial charge >= 0.3 is 0 Å². The molecule has 1 N–H and O–H groups in total. The first kappa shape index (κ1) is 28.2. The maximum Gasteiger partial charge on any atom is 0.254 e. The summed E-state index contributed by atoms with van der Waals surface area (Å²) < 4.78 is 1.07. The van der Waals surface area contributed by atoms with Crippen molar-refractivity contribution in [2.45, 2.75) is 44.8 Å². The van der Waals surface area contributed by atoms with Gasteiger partial charge in [-0.25, -0.2) is 0 Å². The number of carbonyl (C=O) groups is 1. The summed E-state index contributed by atoms with van der Waals surface area (Å²) in [6.45, 7) is 5.53. The Kier molecular flexibility index (Phi) is 10.1. The molecule has 1 amide bonds. The third kappa shape index (κ3) is 7.39. The van der Waals surface area contributed by atoms with Crippen molar-refractivity contribution in [3.63, 3.8) is 0 Å². The van der Waals surface area contributed by atoms with Crippen molar-refractivity contribution in [1.29, 1.82) is 0 Å². The molecule has 1 aliphatic heterocycles. The number of anilines is 1. The minimum Gasteiger partial charge on any atom is -0.364 e. The highest BCUT2D eigenvalue weighted by Gasteiger charge is 2.27. The number of piperidine rings is 1. The summed E-state index contributed by atoms with van der Waals surface area (Å²) in [5.41, 5.74) is 2.61. The van der Waals surface area contributed by atoms with Crippen LogP contribution >= 0.6 is 50.7 Å². The zero-order chi connectivity index (χ0) is 26.4. The van der Waals surface area contributed by atoms with Crippen LogP contribution in [0.4, 0.5) is 5.69 Å². The normalized spacial score (nSPS) is 15.4. The van der Waals surface area contributed by atoms with Crippen molar-refractivity contribution in [2.24, 2.45) is 0 Å². The number of aromatic nitrogens is 1. The fourth-order valence-corrected chi connectivity index (χ4v) is 5.80. The number of carbonyl (C=O) groups excluding carboxylic acids is 1. The van der Waals surface area contributed by atoms with Gasteiger partial charge in [-0.15, -0.1) is 0 Å². The van der Waals surface area contributed by atoms with Crippen LogP contribution < -0.4 is 10.2 Å². The molecule has 1 aromatic heterocycles. The summed E-state index contributed by atoms with van der Waals surface area (Å²) in [5, 5.41) is 4.26. The van der Waals surface area contributed by atoms with E-state index in [1.165, 1.54) is 18.1 Å². The molecule has 4 rings (SSSR count). The average molecular weight is 625 g/mol. The zero-order valence-electron chi connectivity index (χ0n) is 20.6. The summed E-state index contributed by atoms with van der Waals surface area (Å²) >= 11 is 22.3. The van der Waals surface area contributed by atoms with Crippen LogP contribution in [0.25, 0.3) is 0 Å². The van der Waals surface area contributed by atoms with Crippen LogP contribution in [0.2, 0.25) is 15.1 Å². The zero-order valence-corrected chi connectivity index (χ0v) is 24.5. The van der Waals surface area contributed by atoms with Crippen molar-refractivity contribution in [3.05, 3.63) is 91.6 Å². The third-order valence-corrected chi connectivity index (χ3v) is 8.42. The van der Waals surface area contributed by atoms with Crippen LogP contribution in [0.15, 0.2) is 65.4 Å². The van der Waals surface area contributed by atoms with Crippen LogP contribution in [-0.4, -0.2) is 47.5 Å². The summed E-state index contributed by atoms with van der Waals surface area (Å²) in [4.78, 5) is 21.4. The number of halogens is 4. The molecule has 9 heteroatoms. The smallest absolute Gasteiger partial charge is 0.254 e. The van der Waals surface area contributed by atoms with E-state index in [-0.39, 0.29) is 21.5 Å². The van der Waals surface area contributed by atoms with E-state index in [4.69, 9.17) is 34.8 Å². The highest BCUT2D eigenvalue weighted by molar-refractivity contribution is 9.10. The van der Waals surface area contributed by atoms with Gasteiger partial charge in [-0.3, -0.25) is 9.78 Å². The van der Waals surface area contributed by atoms with Gasteiger partial charge in [0.15, 0.2) is 0 Å². The van der Waals surface area contributed by atoms with Gasteiger partial charge in [0.2, 0.25) is 0 Å². The molecule has 0 saturated carbocycles. The monoisotopic (exact) mass is 622 g/mol. The molecule has 37 heavy (non-hydrogen) atoms. The quantitative estimate of drug-likeness (QED) is 0.268. The van der Waals surface area contributed by atoms with Crippen molar-refractivity contribution in [1.82, 2.24) is 15.2 Å². The molecule has 1 atom stereocenters. The lowest BCUT2D eigenvalue weighted by atomic mass is 9.99. The van der Waals surface area contributed by atoms with Crippen LogP contribution in [0.5, 0.6) is 0 Å². The second kappa shape index (κ2) is 13.3. The van der Waals surface area contributed by atoms with E-state index in [0.29, 0.717) is 18.6 Å². The Labute approximate surface area is 242 Å². The molecule has 0 spiro atoms. The van der Waals surface area contributed by atoms with Crippen LogP contribution in [0.1, 0.15) is 42.1 Å². The minimum absolute atomic E-state index is 0.257. The molecule has 0 radical (unpaired) electrons. The van der Waals surface area contributed by atoms with Crippen LogP contribution in [0, 0.1) is 0 Å². The SMILES string of the molecule is CC(CCNC(=O)c1c(Cl)cncc1Cl)N1CCC(N(Cc2ccccc2Cl)c2ccc(Br)cc2)CC1. The molecule has 2 aromatic carbocycles. The molecule has 1 saturated heterocycles. The minimum atomic E-state index is -0.270. The Morgan fingerprint density at radius 2 is 1.70 bits per heavy atom. The number of hydrogen-bond donors (Lipinski definition) is 1. The number of likely N-dealkylation sites (tertiary alicyclic amines) is 1. The van der Waals surface area contributed by atoms with Gasteiger partial charge in [0.05, 0.1) is 15.6 Å². The summed E-state index contributed by atoms with van der Waals surface area (Å²) in [7, 11) is 0. The molecule has 0 aliphatic carbocycles. The Balaban J connectivity index is 1.33. The number of pyridine rings is 1. The predicted octanol–water partition coefficient (Wildman–Crippen LogP) is 7.48. The molecule has 196 valence electrons. The van der Waals surface area contributed by atoms with E-state index in [1.54, 1.807) is 0 Å². The van der Waals surface area contributed by atoms with Crippen molar-refractivity contribution in [2.75, 3.05) is 24.5 Å². The van der Waals surface area contributed by atoms with Gasteiger partial charge in [0, 0.05) is 65.8 Å². The molecule has 0 bridgehead atoms. The first-order valence-corrected chi connectivity index (χ1v) is 14.3. The first-order chi connectivity index (χ1) is 17.8. The average Bonchev–Trinajstić information content (AvgIpc) is 2.89. The van der Waals surface area contributed by atoms with Gasteiger partial charge in [-0.1, -0.05) is 68.9 Å². The fraction of sp³-hybridized carbons (Fsp3) is 0.357. The topological polar surface area (TPSA) is 48.5 Å². The van der Waals surface area contributed by atoms with E-state index >= 15 is 0 Å². The van der Waals surface area contributed by atoms with E-state index in [0.717, 1.165) is 54.0 Å². The molecule has 3 aromatic rings. The summed E-state index contributed by atoms with van der Waals surface area (Å²) in [6, 6.07) is 17.3. The van der Waals surface area contributed by atoms with E-state index in [2.05, 4.69) is 73.3 Å². The van der Waals surface area contributed by atoms with Crippen molar-refractivity contribution in [3.8, 4) is 0 Å². The molecule has 1 unspecified atom stereocenters. The Bertz CT molecular complexity index is 1180. The maximum atomic E-state index is 12.6. The van der Waals surface area contributed by atoms with Gasteiger partial charge in [-0.2, -0.15) is 0 Å². The lowest BCUT2D eigenvalue weighted by molar-refractivity contribution is 0.0945. The Hall–Kier alpha value is -1.83. The van der Waals surface area contributed by atoms with Gasteiger partial charge in [0.25, 0.3) is 5.91 Å². The van der Waals surface area contributed by atoms with Gasteiger partial charge in [0.1, 0.15) is 0 Å². The lowest BCUT2D eigenvalue weighted by Gasteiger charge is -2.42. The summed E-state index contributed by atoms with van der Waals surface area (Å²) in [5.74, 6) is -0.270. The summed E-state index contributed by atoms with van der Waals surface area (Å²) in [6.07, 6.45) is 5.81. The highest BCUT2D eigenvalue weighted by atomic mass is 79.9. The fourth-order valence-electron chi connectivity index (χ4n) is 4.81. The number of amides is 1. The number of benzene rings is 2. The molecule has 1 aliphatic rings. The number of rotatable bonds is 9. The number of nitrogens with zero attached hydrogens (tertiary/aromatic N) is 3. The largest absolute Gasteiger partial charge is 0.364 e. The number of hydrogen-bond acceptors (Lipinski definition) is 4. The van der Waals surface area contributed by atoms with Gasteiger partial charge in [-0.05, 0) is 62.1 Å². The van der Waals surface area contributed by atoms with E-state index in [9.17, 15) is 4.79 Å². The number of nitrogens with one attached hydrogen (secondary N) is 1. The second-order valence-corrected chi connectivity index (χ2v) is 11.5. The Morgan fingerprint density at radius 1 is 1.05 bits per heavy atom. The Morgan fingerprint density at radius 3 is 2.35 bits per heavy atom. The molecule has 5 nitrogen and oxygen atoms in total. The molecule has 2 heterocycles. The predicted molar refractivity (Wildman–Crippen MR) is 157 cm³/mol. The van der Waals surface area contributed by atoms with Crippen LogP contribution in [-0.2, 0) is 6.54 Å². The first-order valence-electron chi connectivity index (χ1n) is 12.4. The van der Waals surface area contributed by atoms with Crippen molar-refractivity contribution < 1.29 is 4.79 Å². The van der Waals surface area contributed by atoms with Crippen molar-refractivity contribution >= 4 is 62.3 Å². The maximum absolute atomic E-state index is 12.6. The highest BCUT2D eigenvalue weighted by Crippen LogP contribution is 2.30. The third-order valence-electron chi connectivity index (χ3n) is 6.95.